The molecule has 0 aliphatic carbocycles. The third-order valence-electron chi connectivity index (χ3n) is 7.94. The monoisotopic (exact) mass is 491 g/mol. The maximum atomic E-state index is 14.2. The van der Waals surface area contributed by atoms with E-state index in [-0.39, 0.29) is 30.2 Å². The molecule has 190 valence electrons. The summed E-state index contributed by atoms with van der Waals surface area (Å²) in [5, 5.41) is 3.16. The minimum atomic E-state index is -0.268. The lowest BCUT2D eigenvalue weighted by atomic mass is 9.95. The Morgan fingerprint density at radius 3 is 2.50 bits per heavy atom. The van der Waals surface area contributed by atoms with E-state index in [9.17, 15) is 14.0 Å². The number of nitrogens with one attached hydrogen (secondary N) is 1. The van der Waals surface area contributed by atoms with Gasteiger partial charge in [0.1, 0.15) is 5.52 Å². The number of carbonyl (C=O) groups excluding carboxylic acids is 2. The first kappa shape index (κ1) is 24.4. The van der Waals surface area contributed by atoms with E-state index in [1.165, 1.54) is 17.9 Å². The average Bonchev–Trinajstić information content (AvgIpc) is 3.40. The van der Waals surface area contributed by atoms with Gasteiger partial charge in [-0.25, -0.2) is 9.37 Å². The summed E-state index contributed by atoms with van der Waals surface area (Å²) in [6.07, 6.45) is 6.96. The van der Waals surface area contributed by atoms with E-state index in [0.29, 0.717) is 23.6 Å². The fourth-order valence-electron chi connectivity index (χ4n) is 6.00. The molecule has 2 saturated heterocycles. The molecule has 2 fully saturated rings. The third-order valence-corrected chi connectivity index (χ3v) is 7.94. The van der Waals surface area contributed by atoms with Gasteiger partial charge in [-0.1, -0.05) is 36.4 Å². The molecule has 2 aliphatic rings. The molecule has 7 nitrogen and oxygen atoms in total. The number of hydrogen-bond donors (Lipinski definition) is 1. The van der Waals surface area contributed by atoms with Crippen LogP contribution in [0.4, 0.5) is 4.39 Å². The fraction of sp³-hybridized carbons (Fsp3) is 0.464. The summed E-state index contributed by atoms with van der Waals surface area (Å²) in [5.41, 5.74) is 2.39. The topological polar surface area (TPSA) is 70.5 Å². The highest BCUT2D eigenvalue weighted by molar-refractivity contribution is 5.83. The van der Waals surface area contributed by atoms with Crippen LogP contribution in [0.1, 0.15) is 56.7 Å². The van der Waals surface area contributed by atoms with Crippen LogP contribution in [-0.4, -0.2) is 63.4 Å². The third kappa shape index (κ3) is 5.00. The highest BCUT2D eigenvalue weighted by Gasteiger charge is 2.41. The Labute approximate surface area is 211 Å². The van der Waals surface area contributed by atoms with Gasteiger partial charge >= 0.3 is 0 Å². The summed E-state index contributed by atoms with van der Waals surface area (Å²) < 4.78 is 16.3. The van der Waals surface area contributed by atoms with Gasteiger partial charge in [-0.15, -0.1) is 0 Å². The lowest BCUT2D eigenvalue weighted by Crippen LogP contribution is -2.45. The molecular formula is C28H34FN5O2. The number of fused-ring (bicyclic) bond motifs is 3. The second-order valence-electron chi connectivity index (χ2n) is 10.2. The molecule has 0 saturated carbocycles. The molecule has 3 aromatic rings. The molecule has 2 aromatic carbocycles. The quantitative estimate of drug-likeness (QED) is 0.516. The van der Waals surface area contributed by atoms with Gasteiger partial charge < -0.3 is 14.8 Å². The normalized spacial score (nSPS) is 22.5. The van der Waals surface area contributed by atoms with E-state index >= 15 is 0 Å². The molecule has 2 aliphatic heterocycles. The van der Waals surface area contributed by atoms with E-state index in [1.54, 1.807) is 19.4 Å². The number of amides is 2. The fourth-order valence-corrected chi connectivity index (χ4v) is 6.00. The van der Waals surface area contributed by atoms with E-state index in [4.69, 9.17) is 0 Å². The van der Waals surface area contributed by atoms with Crippen molar-refractivity contribution in [1.82, 2.24) is 24.7 Å². The summed E-state index contributed by atoms with van der Waals surface area (Å²) in [7, 11) is 1.64. The zero-order valence-corrected chi connectivity index (χ0v) is 20.9. The van der Waals surface area contributed by atoms with Gasteiger partial charge in [0, 0.05) is 38.6 Å². The van der Waals surface area contributed by atoms with Crippen LogP contribution in [0, 0.1) is 5.82 Å². The van der Waals surface area contributed by atoms with Crippen LogP contribution in [0.25, 0.3) is 11.0 Å². The molecule has 8 heteroatoms. The SMILES string of the molecule is CC(=O)N(C)CC(=O)N[C@@H](CCN1[C@@H]2CC[C@H]1CC(n1cnc3c(F)cccc31)C2)c1ccccc1. The van der Waals surface area contributed by atoms with Crippen LogP contribution < -0.4 is 5.32 Å². The van der Waals surface area contributed by atoms with Crippen LogP contribution in [-0.2, 0) is 9.59 Å². The van der Waals surface area contributed by atoms with Crippen molar-refractivity contribution in [3.63, 3.8) is 0 Å². The van der Waals surface area contributed by atoms with Gasteiger partial charge in [-0.2, -0.15) is 0 Å². The zero-order chi connectivity index (χ0) is 25.2. The number of nitrogens with zero attached hydrogens (tertiary/aromatic N) is 4. The highest BCUT2D eigenvalue weighted by Crippen LogP contribution is 2.42. The lowest BCUT2D eigenvalue weighted by Gasteiger charge is -2.40. The summed E-state index contributed by atoms with van der Waals surface area (Å²) in [4.78, 5) is 32.6. The Kier molecular flexibility index (Phi) is 7.05. The molecule has 0 radical (unpaired) electrons. The van der Waals surface area contributed by atoms with E-state index in [2.05, 4.69) is 19.8 Å². The predicted molar refractivity (Wildman–Crippen MR) is 137 cm³/mol. The van der Waals surface area contributed by atoms with Crippen molar-refractivity contribution in [1.29, 1.82) is 0 Å². The molecule has 5 rings (SSSR count). The first-order valence-electron chi connectivity index (χ1n) is 12.8. The molecule has 2 bridgehead atoms. The Bertz CT molecular complexity index is 1220. The van der Waals surface area contributed by atoms with Crippen LogP contribution in [0.2, 0.25) is 0 Å². The van der Waals surface area contributed by atoms with Crippen molar-refractivity contribution in [3.8, 4) is 0 Å². The Hall–Kier alpha value is -3.26. The van der Waals surface area contributed by atoms with E-state index in [1.807, 2.05) is 36.4 Å². The molecule has 2 amide bonds. The van der Waals surface area contributed by atoms with Crippen molar-refractivity contribution in [2.75, 3.05) is 20.1 Å². The van der Waals surface area contributed by atoms with Gasteiger partial charge in [0.2, 0.25) is 11.8 Å². The lowest BCUT2D eigenvalue weighted by molar-refractivity contribution is -0.133. The molecule has 1 unspecified atom stereocenters. The number of aromatic nitrogens is 2. The molecule has 4 atom stereocenters. The van der Waals surface area contributed by atoms with Crippen LogP contribution in [0.3, 0.4) is 0 Å². The summed E-state index contributed by atoms with van der Waals surface area (Å²) in [6.45, 7) is 2.41. The number of para-hydroxylation sites is 1. The number of carbonyl (C=O) groups is 2. The molecule has 0 spiro atoms. The summed E-state index contributed by atoms with van der Waals surface area (Å²) >= 11 is 0. The molecular weight excluding hydrogens is 457 g/mol. The zero-order valence-electron chi connectivity index (χ0n) is 20.9. The minimum Gasteiger partial charge on any atom is -0.348 e. The Morgan fingerprint density at radius 2 is 1.81 bits per heavy atom. The van der Waals surface area contributed by atoms with E-state index < -0.39 is 0 Å². The Balaban J connectivity index is 1.26. The second-order valence-corrected chi connectivity index (χ2v) is 10.2. The first-order valence-corrected chi connectivity index (χ1v) is 12.8. The second kappa shape index (κ2) is 10.4. The van der Waals surface area contributed by atoms with E-state index in [0.717, 1.165) is 49.7 Å². The van der Waals surface area contributed by atoms with Gasteiger partial charge in [-0.3, -0.25) is 14.5 Å². The maximum Gasteiger partial charge on any atom is 0.240 e. The average molecular weight is 492 g/mol. The highest BCUT2D eigenvalue weighted by atomic mass is 19.1. The number of benzene rings is 2. The molecule has 36 heavy (non-hydrogen) atoms. The standard InChI is InChI=1S/C28H34FN5O2/c1-19(35)32(2)17-27(36)31-25(20-7-4-3-5-8-20)13-14-33-21-11-12-22(33)16-23(15-21)34-18-30-28-24(29)9-6-10-26(28)34/h3-10,18,21-23,25H,11-17H2,1-2H3,(H,31,36)/t21-,22+,23?,25-/m0/s1. The predicted octanol–water partition coefficient (Wildman–Crippen LogP) is 4.07. The molecule has 1 N–H and O–H groups in total. The Morgan fingerprint density at radius 1 is 1.08 bits per heavy atom. The number of imidazole rings is 1. The molecule has 3 heterocycles. The van der Waals surface area contributed by atoms with Gasteiger partial charge in [0.25, 0.3) is 0 Å². The number of likely N-dealkylation sites (N-methyl/N-ethyl adjacent to an activating group) is 1. The van der Waals surface area contributed by atoms with Crippen LogP contribution in [0.5, 0.6) is 0 Å². The van der Waals surface area contributed by atoms with Crippen molar-refractivity contribution in [3.05, 3.63) is 66.2 Å². The van der Waals surface area contributed by atoms with Crippen molar-refractivity contribution in [2.24, 2.45) is 0 Å². The van der Waals surface area contributed by atoms with Gasteiger partial charge in [0.15, 0.2) is 5.82 Å². The molecule has 1 aromatic heterocycles. The van der Waals surface area contributed by atoms with Crippen LogP contribution in [0.15, 0.2) is 54.9 Å². The number of piperidine rings is 1. The number of rotatable bonds is 8. The van der Waals surface area contributed by atoms with Gasteiger partial charge in [0.05, 0.1) is 24.4 Å². The number of hydrogen-bond acceptors (Lipinski definition) is 4. The first-order chi connectivity index (χ1) is 17.4. The number of halogens is 1. The largest absolute Gasteiger partial charge is 0.348 e. The van der Waals surface area contributed by atoms with Crippen molar-refractivity contribution < 1.29 is 14.0 Å². The van der Waals surface area contributed by atoms with Crippen molar-refractivity contribution >= 4 is 22.8 Å². The summed E-state index contributed by atoms with van der Waals surface area (Å²) in [5.74, 6) is -0.549. The minimum absolute atomic E-state index is 0.0504. The van der Waals surface area contributed by atoms with Gasteiger partial charge in [-0.05, 0) is 49.8 Å². The smallest absolute Gasteiger partial charge is 0.240 e. The maximum absolute atomic E-state index is 14.2. The van der Waals surface area contributed by atoms with Crippen molar-refractivity contribution in [2.45, 2.75) is 63.2 Å². The summed E-state index contributed by atoms with van der Waals surface area (Å²) in [6, 6.07) is 16.4. The van der Waals surface area contributed by atoms with Crippen LogP contribution >= 0.6 is 0 Å².